The molecule has 208 valence electrons. The van der Waals surface area contributed by atoms with Crippen LogP contribution in [0.4, 0.5) is 36.4 Å². The van der Waals surface area contributed by atoms with Crippen LogP contribution in [0.3, 0.4) is 0 Å². The highest BCUT2D eigenvalue weighted by molar-refractivity contribution is 5.86. The second kappa shape index (κ2) is 10.8. The van der Waals surface area contributed by atoms with Crippen LogP contribution in [0, 0.1) is 18.2 Å². The summed E-state index contributed by atoms with van der Waals surface area (Å²) in [4.78, 5) is 31.7. The van der Waals surface area contributed by atoms with Crippen molar-refractivity contribution in [2.45, 2.75) is 37.8 Å². The normalized spacial score (nSPS) is 12.8. The lowest BCUT2D eigenvalue weighted by molar-refractivity contribution is -0.139. The molecule has 0 spiro atoms. The van der Waals surface area contributed by atoms with Gasteiger partial charge in [-0.05, 0) is 36.4 Å². The summed E-state index contributed by atoms with van der Waals surface area (Å²) >= 11 is 0. The molecule has 3 aromatic heterocycles. The lowest BCUT2D eigenvalue weighted by Gasteiger charge is -2.18. The zero-order valence-corrected chi connectivity index (χ0v) is 20.1. The van der Waals surface area contributed by atoms with Gasteiger partial charge in [0.1, 0.15) is 11.4 Å². The number of alkyl halides is 6. The molecule has 0 amide bonds. The molecule has 0 bridgehead atoms. The lowest BCUT2D eigenvalue weighted by atomic mass is 10.1. The van der Waals surface area contributed by atoms with Gasteiger partial charge in [-0.1, -0.05) is 5.92 Å². The van der Waals surface area contributed by atoms with E-state index in [2.05, 4.69) is 26.3 Å². The fourth-order valence-corrected chi connectivity index (χ4v) is 3.91. The minimum absolute atomic E-state index is 0.0216. The van der Waals surface area contributed by atoms with Crippen LogP contribution in [0.1, 0.15) is 24.0 Å². The number of aromatic amines is 1. The van der Waals surface area contributed by atoms with E-state index in [4.69, 9.17) is 6.42 Å². The summed E-state index contributed by atoms with van der Waals surface area (Å²) in [6, 6.07) is 2.71. The monoisotopic (exact) mass is 566 g/mol. The molecule has 1 unspecified atom stereocenters. The van der Waals surface area contributed by atoms with Gasteiger partial charge in [0.2, 0.25) is 0 Å². The van der Waals surface area contributed by atoms with Crippen molar-refractivity contribution in [2.24, 2.45) is 0 Å². The van der Waals surface area contributed by atoms with Crippen molar-refractivity contribution in [1.82, 2.24) is 24.7 Å². The first kappa shape index (κ1) is 28.3. The van der Waals surface area contributed by atoms with Crippen molar-refractivity contribution in [1.29, 1.82) is 0 Å². The predicted molar refractivity (Wildman–Crippen MR) is 130 cm³/mol. The third kappa shape index (κ3) is 5.95. The van der Waals surface area contributed by atoms with Gasteiger partial charge in [-0.2, -0.15) is 31.4 Å². The Balaban J connectivity index is 1.50. The Morgan fingerprint density at radius 2 is 1.75 bits per heavy atom. The first-order valence-corrected chi connectivity index (χ1v) is 11.4. The molecule has 0 saturated heterocycles. The molecular formula is C25H17F7N6O2. The van der Waals surface area contributed by atoms with Crippen LogP contribution in [-0.4, -0.2) is 30.8 Å². The second-order valence-electron chi connectivity index (χ2n) is 8.52. The quantitative estimate of drug-likeness (QED) is 0.250. The molecule has 15 heteroatoms. The van der Waals surface area contributed by atoms with E-state index in [0.717, 1.165) is 12.3 Å². The Morgan fingerprint density at radius 3 is 2.38 bits per heavy atom. The van der Waals surface area contributed by atoms with Gasteiger partial charge in [-0.15, -0.1) is 6.42 Å². The Kier molecular flexibility index (Phi) is 7.63. The third-order valence-electron chi connectivity index (χ3n) is 5.85. The molecule has 0 fully saturated rings. The maximum Gasteiger partial charge on any atom is 0.423 e. The van der Waals surface area contributed by atoms with Crippen LogP contribution in [0.2, 0.25) is 0 Å². The van der Waals surface area contributed by atoms with Crippen LogP contribution in [0.25, 0.3) is 22.2 Å². The molecule has 0 aliphatic heterocycles. The average Bonchev–Trinajstić information content (AvgIpc) is 2.88. The van der Waals surface area contributed by atoms with E-state index >= 15 is 0 Å². The maximum atomic E-state index is 14.8. The van der Waals surface area contributed by atoms with Gasteiger partial charge in [0.05, 0.1) is 34.4 Å². The predicted octanol–water partition coefficient (Wildman–Crippen LogP) is 4.61. The fraction of sp³-hybridized carbons (Fsp3) is 0.240. The average molecular weight is 566 g/mol. The van der Waals surface area contributed by atoms with Crippen molar-refractivity contribution < 1.29 is 30.7 Å². The SMILES string of the molecule is C#CC(CCCn1ccc2cc(-c3ncc(C(F)(F)F)cn3)c(F)cc2c1=O)Nc1cn[nH]c(=O)c1C(F)(F)F. The number of fused-ring (bicyclic) bond motifs is 1. The Bertz CT molecular complexity index is 1700. The second-order valence-corrected chi connectivity index (χ2v) is 8.52. The first-order valence-electron chi connectivity index (χ1n) is 11.4. The number of nitrogens with zero attached hydrogens (tertiary/aromatic N) is 4. The molecule has 40 heavy (non-hydrogen) atoms. The van der Waals surface area contributed by atoms with Crippen molar-refractivity contribution in [3.63, 3.8) is 0 Å². The van der Waals surface area contributed by atoms with Gasteiger partial charge in [0.15, 0.2) is 5.82 Å². The summed E-state index contributed by atoms with van der Waals surface area (Å²) < 4.78 is 94.1. The Labute approximate surface area is 219 Å². The van der Waals surface area contributed by atoms with Crippen molar-refractivity contribution >= 4 is 16.5 Å². The molecule has 3 heterocycles. The van der Waals surface area contributed by atoms with E-state index in [-0.39, 0.29) is 41.5 Å². The van der Waals surface area contributed by atoms with Gasteiger partial charge >= 0.3 is 12.4 Å². The first-order chi connectivity index (χ1) is 18.8. The number of nitrogens with one attached hydrogen (secondary N) is 2. The molecule has 0 aliphatic carbocycles. The van der Waals surface area contributed by atoms with E-state index in [1.54, 1.807) is 5.10 Å². The van der Waals surface area contributed by atoms with E-state index in [0.29, 0.717) is 12.4 Å². The number of hydrogen-bond acceptors (Lipinski definition) is 6. The van der Waals surface area contributed by atoms with Gasteiger partial charge in [0, 0.05) is 25.1 Å². The molecule has 1 aromatic carbocycles. The standard InChI is InChI=1S/C25H17F7N6O2/c1-2-15(36-19-12-35-37-22(39)20(19)25(30,31)32)4-3-6-38-7-5-13-8-17(18(26)9-16(13)23(38)40)21-33-10-14(11-34-21)24(27,28)29/h1,5,7-12,15H,3-4,6H2,(H2,36,37,39). The number of anilines is 1. The number of halogens is 7. The van der Waals surface area contributed by atoms with E-state index in [1.807, 2.05) is 0 Å². The molecule has 4 aromatic rings. The highest BCUT2D eigenvalue weighted by Crippen LogP contribution is 2.32. The molecule has 2 N–H and O–H groups in total. The Hall–Kier alpha value is -4.74. The third-order valence-corrected chi connectivity index (χ3v) is 5.85. The number of aryl methyl sites for hydroxylation is 1. The number of benzene rings is 1. The summed E-state index contributed by atoms with van der Waals surface area (Å²) in [6.45, 7) is 0.0692. The number of aromatic nitrogens is 5. The molecule has 4 rings (SSSR count). The van der Waals surface area contributed by atoms with Gasteiger partial charge in [-0.3, -0.25) is 9.59 Å². The van der Waals surface area contributed by atoms with E-state index in [1.165, 1.54) is 22.9 Å². The molecule has 0 radical (unpaired) electrons. The summed E-state index contributed by atoms with van der Waals surface area (Å²) in [5.74, 6) is 1.07. The zero-order valence-electron chi connectivity index (χ0n) is 20.1. The van der Waals surface area contributed by atoms with Gasteiger partial charge in [-0.25, -0.2) is 19.5 Å². The fourth-order valence-electron chi connectivity index (χ4n) is 3.91. The summed E-state index contributed by atoms with van der Waals surface area (Å²) in [5, 5.41) is 7.81. The van der Waals surface area contributed by atoms with Crippen LogP contribution in [-0.2, 0) is 18.9 Å². The minimum atomic E-state index is -4.95. The highest BCUT2D eigenvalue weighted by Gasteiger charge is 2.37. The number of H-pyrrole nitrogens is 1. The maximum absolute atomic E-state index is 14.8. The minimum Gasteiger partial charge on any atom is -0.370 e. The van der Waals surface area contributed by atoms with Gasteiger partial charge < -0.3 is 9.88 Å². The molecule has 8 nitrogen and oxygen atoms in total. The van der Waals surface area contributed by atoms with E-state index in [9.17, 15) is 40.3 Å². The van der Waals surface area contributed by atoms with Crippen molar-refractivity contribution in [3.8, 4) is 23.7 Å². The largest absolute Gasteiger partial charge is 0.423 e. The van der Waals surface area contributed by atoms with Crippen LogP contribution in [0.5, 0.6) is 0 Å². The van der Waals surface area contributed by atoms with Crippen LogP contribution >= 0.6 is 0 Å². The van der Waals surface area contributed by atoms with Crippen LogP contribution < -0.4 is 16.4 Å². The summed E-state index contributed by atoms with van der Waals surface area (Å²) in [7, 11) is 0. The summed E-state index contributed by atoms with van der Waals surface area (Å²) in [5.41, 5.74) is -5.39. The molecular weight excluding hydrogens is 549 g/mol. The highest BCUT2D eigenvalue weighted by atomic mass is 19.4. The van der Waals surface area contributed by atoms with Gasteiger partial charge in [0.25, 0.3) is 11.1 Å². The van der Waals surface area contributed by atoms with Crippen molar-refractivity contribution in [2.75, 3.05) is 5.32 Å². The number of hydrogen-bond donors (Lipinski definition) is 2. The molecule has 0 saturated carbocycles. The number of rotatable bonds is 7. The van der Waals surface area contributed by atoms with Crippen molar-refractivity contribution in [3.05, 3.63) is 80.6 Å². The van der Waals surface area contributed by atoms with Crippen LogP contribution in [0.15, 0.2) is 52.6 Å². The zero-order chi connectivity index (χ0) is 29.2. The lowest BCUT2D eigenvalue weighted by Crippen LogP contribution is -2.28. The number of terminal acetylenes is 1. The molecule has 0 aliphatic rings. The topological polar surface area (TPSA) is 106 Å². The number of pyridine rings is 1. The smallest absolute Gasteiger partial charge is 0.370 e. The summed E-state index contributed by atoms with van der Waals surface area (Å²) in [6.07, 6.45) is -0.618. The molecule has 1 atom stereocenters. The van der Waals surface area contributed by atoms with E-state index < -0.39 is 52.1 Å². The Morgan fingerprint density at radius 1 is 1.05 bits per heavy atom.